The van der Waals surface area contributed by atoms with Gasteiger partial charge in [-0.15, -0.1) is 0 Å². The fourth-order valence-corrected chi connectivity index (χ4v) is 10.1. The van der Waals surface area contributed by atoms with Gasteiger partial charge in [0.05, 0.1) is 12.1 Å². The summed E-state index contributed by atoms with van der Waals surface area (Å²) in [7, 11) is 0. The molecule has 1 aliphatic heterocycles. The Labute approximate surface area is 280 Å². The van der Waals surface area contributed by atoms with Crippen molar-refractivity contribution >= 4 is 34.3 Å². The van der Waals surface area contributed by atoms with Crippen LogP contribution in [-0.2, 0) is 32.0 Å². The summed E-state index contributed by atoms with van der Waals surface area (Å²) in [6, 6.07) is 10.8. The zero-order valence-corrected chi connectivity index (χ0v) is 28.3. The van der Waals surface area contributed by atoms with Crippen LogP contribution in [0.2, 0.25) is 0 Å². The van der Waals surface area contributed by atoms with Gasteiger partial charge in [0.2, 0.25) is 11.8 Å². The zero-order valence-electron chi connectivity index (χ0n) is 28.3. The summed E-state index contributed by atoms with van der Waals surface area (Å²) in [5.74, 6) is -1.67. The van der Waals surface area contributed by atoms with Gasteiger partial charge in [0.25, 0.3) is 0 Å². The number of nitrogens with one attached hydrogen (secondary N) is 2. The molecule has 2 heterocycles. The van der Waals surface area contributed by atoms with E-state index in [0.29, 0.717) is 18.4 Å². The molecule has 1 saturated heterocycles. The van der Waals surface area contributed by atoms with Crippen LogP contribution >= 0.6 is 0 Å². The Balaban J connectivity index is 1.12. The number of rotatable bonds is 12. The minimum Gasteiger partial charge on any atom is -0.391 e. The van der Waals surface area contributed by atoms with E-state index in [4.69, 9.17) is 0 Å². The van der Waals surface area contributed by atoms with E-state index in [1.54, 1.807) is 12.3 Å². The van der Waals surface area contributed by atoms with Crippen molar-refractivity contribution < 1.29 is 28.7 Å². The standard InChI is InChI=1S/C39H46FN3O5/c1-5-23(11-8-12-24-10-7-6-9-22(24)2)33(45)30(17-25-20-41-29-18-26(40)13-14-28(25)29)42-34(46)31-19-27(44)21-43(31)36(48)39-32-15-16-37(3,35(39)47)38(32,39)4/h6-7,9-10,13-14,18,20,23,27,30-32,41,44H,5,8,11-12,15-17,19,21H2,1-4H3,(H,42,46)/t23-,27+,30?,31?,32?,37?,38?,39?/m0/s1. The van der Waals surface area contributed by atoms with Crippen LogP contribution in [0.25, 0.3) is 10.9 Å². The molecule has 48 heavy (non-hydrogen) atoms. The third-order valence-electron chi connectivity index (χ3n) is 13.0. The van der Waals surface area contributed by atoms with Crippen LogP contribution in [-0.4, -0.2) is 63.1 Å². The number of aryl methyl sites for hydroxylation is 2. The zero-order chi connectivity index (χ0) is 34.2. The highest BCUT2D eigenvalue weighted by Crippen LogP contribution is 2.93. The predicted molar refractivity (Wildman–Crippen MR) is 179 cm³/mol. The van der Waals surface area contributed by atoms with Crippen molar-refractivity contribution in [3.63, 3.8) is 0 Å². The molecule has 0 spiro atoms. The van der Waals surface area contributed by atoms with Crippen LogP contribution in [0.5, 0.6) is 0 Å². The van der Waals surface area contributed by atoms with E-state index in [1.807, 2.05) is 32.9 Å². The summed E-state index contributed by atoms with van der Waals surface area (Å²) in [6.07, 6.45) is 5.58. The normalized spacial score (nSPS) is 31.3. The third kappa shape index (κ3) is 4.56. The Morgan fingerprint density at radius 1 is 1.15 bits per heavy atom. The van der Waals surface area contributed by atoms with Crippen LogP contribution in [0.3, 0.4) is 0 Å². The first-order valence-electron chi connectivity index (χ1n) is 17.6. The van der Waals surface area contributed by atoms with Crippen LogP contribution in [0.1, 0.15) is 76.0 Å². The van der Waals surface area contributed by atoms with Gasteiger partial charge in [-0.1, -0.05) is 45.0 Å². The number of halogens is 1. The number of nitrogens with zero attached hydrogens (tertiary/aromatic N) is 1. The predicted octanol–water partition coefficient (Wildman–Crippen LogP) is 5.23. The van der Waals surface area contributed by atoms with Crippen LogP contribution in [0.15, 0.2) is 48.7 Å². The minimum atomic E-state index is -1.10. The van der Waals surface area contributed by atoms with Crippen molar-refractivity contribution in [3.8, 4) is 0 Å². The molecular weight excluding hydrogens is 609 g/mol. The summed E-state index contributed by atoms with van der Waals surface area (Å²) >= 11 is 0. The SMILES string of the molecule is CC[C@@H](CCCc1ccccc1C)C(=O)C(Cc1c[nH]c2cc(F)ccc12)NC(=O)C1C[C@@H](O)CN1C(=O)C12C(=O)C3(C)CCC1C32C. The van der Waals surface area contributed by atoms with E-state index in [0.717, 1.165) is 36.6 Å². The molecule has 9 heteroatoms. The number of aromatic nitrogens is 1. The van der Waals surface area contributed by atoms with Gasteiger partial charge >= 0.3 is 0 Å². The highest BCUT2D eigenvalue weighted by atomic mass is 19.1. The van der Waals surface area contributed by atoms with Crippen LogP contribution in [0, 0.1) is 40.8 Å². The molecular formula is C39H46FN3O5. The number of amides is 2. The number of carbonyl (C=O) groups excluding carboxylic acids is 4. The number of Topliss-reactive ketones (excluding diaryl/α,β-unsaturated/α-hetero) is 2. The third-order valence-corrected chi connectivity index (χ3v) is 13.0. The molecule has 8 nitrogen and oxygen atoms in total. The fourth-order valence-electron chi connectivity index (χ4n) is 10.1. The van der Waals surface area contributed by atoms with E-state index in [2.05, 4.69) is 29.4 Å². The molecule has 6 unspecified atom stereocenters. The Kier molecular flexibility index (Phi) is 7.93. The van der Waals surface area contributed by atoms with Gasteiger partial charge in [0, 0.05) is 53.2 Å². The average Bonchev–Trinajstić information content (AvgIpc) is 3.44. The van der Waals surface area contributed by atoms with Crippen molar-refractivity contribution in [3.05, 3.63) is 71.2 Å². The van der Waals surface area contributed by atoms with Crippen molar-refractivity contribution in [2.75, 3.05) is 6.54 Å². The second-order valence-electron chi connectivity index (χ2n) is 15.2. The number of hydrogen-bond acceptors (Lipinski definition) is 5. The molecule has 2 amide bonds. The molecule has 0 bridgehead atoms. The lowest BCUT2D eigenvalue weighted by Gasteiger charge is -2.49. The molecule has 1 aromatic heterocycles. The number of ketones is 2. The molecule has 3 aliphatic carbocycles. The van der Waals surface area contributed by atoms with E-state index in [1.165, 1.54) is 28.2 Å². The Hall–Kier alpha value is -3.85. The van der Waals surface area contributed by atoms with Gasteiger partial charge in [-0.05, 0) is 86.3 Å². The number of aliphatic hydroxyl groups excluding tert-OH is 1. The van der Waals surface area contributed by atoms with E-state index < -0.39 is 40.3 Å². The smallest absolute Gasteiger partial charge is 0.243 e. The van der Waals surface area contributed by atoms with E-state index >= 15 is 0 Å². The summed E-state index contributed by atoms with van der Waals surface area (Å²) in [5, 5.41) is 14.5. The average molecular weight is 656 g/mol. The summed E-state index contributed by atoms with van der Waals surface area (Å²) < 4.78 is 14.0. The molecule has 3 aromatic rings. The van der Waals surface area contributed by atoms with Crippen molar-refractivity contribution in [1.82, 2.24) is 15.2 Å². The number of benzene rings is 2. The van der Waals surface area contributed by atoms with Gasteiger partial charge in [0.1, 0.15) is 17.3 Å². The maximum atomic E-state index is 14.3. The molecule has 4 fully saturated rings. The van der Waals surface area contributed by atoms with Gasteiger partial charge in [-0.3, -0.25) is 19.2 Å². The molecule has 4 aliphatic rings. The first kappa shape index (κ1) is 32.7. The highest BCUT2D eigenvalue weighted by Gasteiger charge is 2.99. The number of likely N-dealkylation sites (tertiary alicyclic amines) is 1. The largest absolute Gasteiger partial charge is 0.391 e. The van der Waals surface area contributed by atoms with Crippen molar-refractivity contribution in [1.29, 1.82) is 0 Å². The molecule has 2 aromatic carbocycles. The summed E-state index contributed by atoms with van der Waals surface area (Å²) in [4.78, 5) is 60.6. The van der Waals surface area contributed by atoms with Gasteiger partial charge in [-0.2, -0.15) is 0 Å². The molecule has 7 rings (SSSR count). The lowest BCUT2D eigenvalue weighted by molar-refractivity contribution is -0.168. The molecule has 3 saturated carbocycles. The first-order valence-corrected chi connectivity index (χ1v) is 17.6. The maximum absolute atomic E-state index is 14.3. The lowest BCUT2D eigenvalue weighted by atomic mass is 9.52. The Morgan fingerprint density at radius 2 is 1.92 bits per heavy atom. The maximum Gasteiger partial charge on any atom is 0.243 e. The quantitative estimate of drug-likeness (QED) is 0.231. The number of aromatic amines is 1. The fraction of sp³-hybridized carbons (Fsp3) is 0.538. The number of hydrogen-bond donors (Lipinski definition) is 3. The van der Waals surface area contributed by atoms with Gasteiger partial charge in [-0.25, -0.2) is 4.39 Å². The minimum absolute atomic E-state index is 0.0193. The topological polar surface area (TPSA) is 120 Å². The number of fused-ring (bicyclic) bond motifs is 2. The molecule has 254 valence electrons. The van der Waals surface area contributed by atoms with E-state index in [9.17, 15) is 28.7 Å². The van der Waals surface area contributed by atoms with Gasteiger partial charge < -0.3 is 20.3 Å². The number of H-pyrrole nitrogens is 1. The van der Waals surface area contributed by atoms with Crippen molar-refractivity contribution in [2.24, 2.45) is 28.1 Å². The van der Waals surface area contributed by atoms with E-state index in [-0.39, 0.29) is 54.5 Å². The van der Waals surface area contributed by atoms with Crippen LogP contribution in [0.4, 0.5) is 4.39 Å². The summed E-state index contributed by atoms with van der Waals surface area (Å²) in [6.45, 7) is 8.02. The Morgan fingerprint density at radius 3 is 2.62 bits per heavy atom. The second kappa shape index (κ2) is 11.6. The van der Waals surface area contributed by atoms with Crippen LogP contribution < -0.4 is 5.32 Å². The molecule has 3 N–H and O–H groups in total. The van der Waals surface area contributed by atoms with Gasteiger partial charge in [0.15, 0.2) is 11.6 Å². The Bertz CT molecular complexity index is 1820. The first-order chi connectivity index (χ1) is 22.9. The number of β-amino-alcohol motifs (C(OH)–C–C–N with tert-alkyl or cyclic N) is 1. The second-order valence-corrected chi connectivity index (χ2v) is 15.2. The number of carbonyl (C=O) groups is 4. The highest BCUT2D eigenvalue weighted by molar-refractivity contribution is 6.21. The lowest BCUT2D eigenvalue weighted by Crippen LogP contribution is -2.63. The molecule has 8 atom stereocenters. The summed E-state index contributed by atoms with van der Waals surface area (Å²) in [5.41, 5.74) is 1.84. The van der Waals surface area contributed by atoms with Crippen molar-refractivity contribution in [2.45, 2.75) is 97.2 Å². The monoisotopic (exact) mass is 655 g/mol. The number of aliphatic hydroxyl groups is 1. The molecule has 0 radical (unpaired) electrons.